The van der Waals surface area contributed by atoms with E-state index in [0.717, 1.165) is 50.4 Å². The second-order valence-corrected chi connectivity index (χ2v) is 14.5. The van der Waals surface area contributed by atoms with Crippen molar-refractivity contribution in [2.24, 2.45) is 17.8 Å². The minimum absolute atomic E-state index is 0.0702. The molecule has 0 fully saturated rings. The highest BCUT2D eigenvalue weighted by Gasteiger charge is 2.27. The molecule has 0 aromatic rings. The van der Waals surface area contributed by atoms with E-state index in [-0.39, 0.29) is 17.1 Å². The molecule has 252 valence electrons. The van der Waals surface area contributed by atoms with Gasteiger partial charge in [0.05, 0.1) is 0 Å². The minimum Gasteiger partial charge on any atom is -0.299 e. The lowest BCUT2D eigenvalue weighted by Crippen LogP contribution is -2.25. The lowest BCUT2D eigenvalue weighted by atomic mass is 9.87. The molecule has 0 aliphatic rings. The Labute approximate surface area is 269 Å². The molecule has 0 aromatic carbocycles. The predicted molar refractivity (Wildman–Crippen MR) is 187 cm³/mol. The van der Waals surface area contributed by atoms with Gasteiger partial charge in [-0.1, -0.05) is 182 Å². The Hall–Kier alpha value is -1.21. The van der Waals surface area contributed by atoms with Crippen LogP contribution in [0.3, 0.4) is 0 Å². The molecule has 0 atom stereocenters. The van der Waals surface area contributed by atoms with E-state index in [1.54, 1.807) is 6.92 Å². The van der Waals surface area contributed by atoms with Crippen LogP contribution in [0.4, 0.5) is 0 Å². The van der Waals surface area contributed by atoms with E-state index in [4.69, 9.17) is 0 Å². The Morgan fingerprint density at radius 1 is 0.419 bits per heavy atom. The fourth-order valence-corrected chi connectivity index (χ4v) is 6.25. The molecular weight excluding hydrogens is 528 g/mol. The molecule has 43 heavy (non-hydrogen) atoms. The molecule has 0 aliphatic heterocycles. The summed E-state index contributed by atoms with van der Waals surface area (Å²) in [6.07, 6.45) is 33.8. The third-order valence-electron chi connectivity index (χ3n) is 9.15. The number of hydrogen-bond acceptors (Lipinski definition) is 3. The molecule has 0 N–H and O–H groups in total. The third-order valence-corrected chi connectivity index (χ3v) is 9.15. The molecule has 3 nitrogen and oxygen atoms in total. The highest BCUT2D eigenvalue weighted by molar-refractivity contribution is 6.06. The standard InChI is InChI=1S/C40H74O3/c1-35(2)30-26-22-18-14-10-6-8-12-16-20-24-28-32-38(42)40(37(5)34-41)39(43)33-29-25-21-17-13-9-7-11-15-19-23-27-31-36(3)4/h35-36,40H,6-33H2,1-5H3. The van der Waals surface area contributed by atoms with Gasteiger partial charge in [0.2, 0.25) is 0 Å². The van der Waals surface area contributed by atoms with Crippen LogP contribution in [0.15, 0.2) is 5.57 Å². The van der Waals surface area contributed by atoms with Crippen LogP contribution in [0.1, 0.15) is 214 Å². The lowest BCUT2D eigenvalue weighted by Gasteiger charge is -2.13. The monoisotopic (exact) mass is 603 g/mol. The first-order valence-corrected chi connectivity index (χ1v) is 19.1. The van der Waals surface area contributed by atoms with E-state index in [1.807, 2.05) is 5.94 Å². The number of Topliss-reactive ketones (excluding diaryl/α,β-unsaturated/α-hetero) is 2. The Morgan fingerprint density at radius 3 is 0.884 bits per heavy atom. The number of carbonyl (C=O) groups is 2. The van der Waals surface area contributed by atoms with Gasteiger partial charge in [0.1, 0.15) is 23.4 Å². The summed E-state index contributed by atoms with van der Waals surface area (Å²) < 4.78 is 0. The zero-order valence-electron chi connectivity index (χ0n) is 29.8. The maximum absolute atomic E-state index is 12.9. The van der Waals surface area contributed by atoms with Crippen molar-refractivity contribution in [1.29, 1.82) is 0 Å². The van der Waals surface area contributed by atoms with Gasteiger partial charge >= 0.3 is 0 Å². The van der Waals surface area contributed by atoms with Gasteiger partial charge in [-0.15, -0.1) is 0 Å². The summed E-state index contributed by atoms with van der Waals surface area (Å²) in [6.45, 7) is 10.8. The second-order valence-electron chi connectivity index (χ2n) is 14.5. The molecule has 0 aromatic heterocycles. The summed E-state index contributed by atoms with van der Waals surface area (Å²) in [5.41, 5.74) is 0.273. The maximum Gasteiger partial charge on any atom is 0.148 e. The van der Waals surface area contributed by atoms with Crippen LogP contribution in [0.5, 0.6) is 0 Å². The van der Waals surface area contributed by atoms with Gasteiger partial charge in [0.25, 0.3) is 0 Å². The first-order valence-electron chi connectivity index (χ1n) is 19.1. The summed E-state index contributed by atoms with van der Waals surface area (Å²) in [5, 5.41) is 0. The average molecular weight is 603 g/mol. The Kier molecular flexibility index (Phi) is 29.9. The van der Waals surface area contributed by atoms with Crippen LogP contribution < -0.4 is 0 Å². The summed E-state index contributed by atoms with van der Waals surface area (Å²) in [5.74, 6) is 2.55. The Morgan fingerprint density at radius 2 is 0.651 bits per heavy atom. The van der Waals surface area contributed by atoms with Crippen molar-refractivity contribution in [3.63, 3.8) is 0 Å². The van der Waals surface area contributed by atoms with E-state index in [0.29, 0.717) is 12.8 Å². The van der Waals surface area contributed by atoms with Gasteiger partial charge in [0, 0.05) is 18.4 Å². The van der Waals surface area contributed by atoms with Crippen molar-refractivity contribution in [3.8, 4) is 0 Å². The predicted octanol–water partition coefficient (Wildman–Crippen LogP) is 12.8. The van der Waals surface area contributed by atoms with E-state index in [9.17, 15) is 14.4 Å². The number of ketones is 2. The smallest absolute Gasteiger partial charge is 0.148 e. The zero-order valence-corrected chi connectivity index (χ0v) is 29.8. The molecule has 0 heterocycles. The molecule has 0 spiro atoms. The minimum atomic E-state index is -0.853. The van der Waals surface area contributed by atoms with Crippen LogP contribution >= 0.6 is 0 Å². The molecule has 0 rings (SSSR count). The molecule has 0 saturated heterocycles. The number of carbonyl (C=O) groups excluding carboxylic acids is 3. The van der Waals surface area contributed by atoms with Crippen LogP contribution in [0.25, 0.3) is 0 Å². The number of hydrogen-bond donors (Lipinski definition) is 0. The fraction of sp³-hybridized carbons (Fsp3) is 0.900. The van der Waals surface area contributed by atoms with E-state index >= 15 is 0 Å². The van der Waals surface area contributed by atoms with Crippen LogP contribution in [0.2, 0.25) is 0 Å². The highest BCUT2D eigenvalue weighted by Crippen LogP contribution is 2.20. The van der Waals surface area contributed by atoms with Gasteiger partial charge in [-0.25, -0.2) is 4.79 Å². The van der Waals surface area contributed by atoms with Gasteiger partial charge in [-0.3, -0.25) is 9.59 Å². The summed E-state index contributed by atoms with van der Waals surface area (Å²) in [4.78, 5) is 37.0. The molecule has 0 radical (unpaired) electrons. The maximum atomic E-state index is 12.9. The Bertz CT molecular complexity index is 653. The average Bonchev–Trinajstić information content (AvgIpc) is 2.97. The van der Waals surface area contributed by atoms with Gasteiger partial charge in [-0.05, 0) is 31.6 Å². The van der Waals surface area contributed by atoms with Crippen molar-refractivity contribution in [2.45, 2.75) is 214 Å². The molecule has 0 bridgehead atoms. The number of rotatable bonds is 33. The molecule has 0 amide bonds. The van der Waals surface area contributed by atoms with E-state index < -0.39 is 5.92 Å². The number of unbranched alkanes of at least 4 members (excludes halogenated alkanes) is 22. The molecule has 0 aliphatic carbocycles. The fourth-order valence-electron chi connectivity index (χ4n) is 6.25. The normalized spacial score (nSPS) is 11.5. The van der Waals surface area contributed by atoms with Gasteiger partial charge in [-0.2, -0.15) is 0 Å². The molecular formula is C40H74O3. The van der Waals surface area contributed by atoms with Crippen LogP contribution in [0, 0.1) is 17.8 Å². The highest BCUT2D eigenvalue weighted by atomic mass is 16.2. The lowest BCUT2D eigenvalue weighted by molar-refractivity contribution is -0.131. The summed E-state index contributed by atoms with van der Waals surface area (Å²) in [7, 11) is 0. The molecule has 0 unspecified atom stereocenters. The topological polar surface area (TPSA) is 51.2 Å². The van der Waals surface area contributed by atoms with Crippen LogP contribution in [-0.2, 0) is 14.4 Å². The second kappa shape index (κ2) is 30.8. The Balaban J connectivity index is 3.81. The largest absolute Gasteiger partial charge is 0.299 e. The summed E-state index contributed by atoms with van der Waals surface area (Å²) in [6, 6.07) is 0. The van der Waals surface area contributed by atoms with Crippen molar-refractivity contribution < 1.29 is 14.4 Å². The molecule has 0 saturated carbocycles. The van der Waals surface area contributed by atoms with Crippen molar-refractivity contribution in [2.75, 3.05) is 0 Å². The van der Waals surface area contributed by atoms with E-state index in [2.05, 4.69) is 27.7 Å². The first kappa shape index (κ1) is 41.8. The summed E-state index contributed by atoms with van der Waals surface area (Å²) >= 11 is 0. The van der Waals surface area contributed by atoms with Crippen molar-refractivity contribution >= 4 is 17.5 Å². The van der Waals surface area contributed by atoms with Gasteiger partial charge < -0.3 is 0 Å². The van der Waals surface area contributed by atoms with Crippen molar-refractivity contribution in [3.05, 3.63) is 5.57 Å². The van der Waals surface area contributed by atoms with Gasteiger partial charge in [0.15, 0.2) is 0 Å². The quantitative estimate of drug-likeness (QED) is 0.0426. The number of allylic oxidation sites excluding steroid dienone is 1. The van der Waals surface area contributed by atoms with Crippen molar-refractivity contribution in [1.82, 2.24) is 0 Å². The zero-order chi connectivity index (χ0) is 32.0. The third kappa shape index (κ3) is 28.0. The van der Waals surface area contributed by atoms with Crippen LogP contribution in [-0.4, -0.2) is 17.5 Å². The first-order chi connectivity index (χ1) is 20.8. The molecule has 3 heteroatoms. The van der Waals surface area contributed by atoms with E-state index in [1.165, 1.54) is 128 Å². The SMILES string of the molecule is CC(=C=O)C(C(=O)CCCCCCCCCCCCCCC(C)C)C(=O)CCCCCCCCCCCCCCC(C)C.